The van der Waals surface area contributed by atoms with E-state index in [1.807, 2.05) is 6.92 Å². The summed E-state index contributed by atoms with van der Waals surface area (Å²) in [6.07, 6.45) is -1.07. The number of carboxylic acids is 1. The molecule has 1 aromatic carbocycles. The van der Waals surface area contributed by atoms with Crippen LogP contribution >= 0.6 is 0 Å². The molecule has 1 amide bonds. The van der Waals surface area contributed by atoms with Gasteiger partial charge in [-0.1, -0.05) is 12.1 Å². The van der Waals surface area contributed by atoms with Gasteiger partial charge in [-0.25, -0.2) is 4.79 Å². The Morgan fingerprint density at radius 3 is 2.95 bits per heavy atom. The van der Waals surface area contributed by atoms with Crippen LogP contribution in [-0.2, 0) is 14.3 Å². The molecule has 20 heavy (non-hydrogen) atoms. The van der Waals surface area contributed by atoms with Gasteiger partial charge in [0.15, 0.2) is 6.10 Å². The van der Waals surface area contributed by atoms with Crippen LogP contribution in [0.3, 0.4) is 0 Å². The summed E-state index contributed by atoms with van der Waals surface area (Å²) in [6, 6.07) is 6.40. The lowest BCUT2D eigenvalue weighted by Gasteiger charge is -2.37. The van der Waals surface area contributed by atoms with Crippen molar-refractivity contribution in [1.82, 2.24) is 4.90 Å². The average molecular weight is 279 g/mol. The number of hydrogen-bond donors (Lipinski definition) is 1. The third kappa shape index (κ3) is 2.75. The fourth-order valence-corrected chi connectivity index (χ4v) is 2.27. The molecule has 1 fully saturated rings. The number of benzene rings is 1. The van der Waals surface area contributed by atoms with Crippen LogP contribution in [0.5, 0.6) is 5.75 Å². The number of carbonyl (C=O) groups is 2. The highest BCUT2D eigenvalue weighted by Gasteiger charge is 2.40. The smallest absolute Gasteiger partial charge is 0.335 e. The van der Waals surface area contributed by atoms with Crippen LogP contribution in [-0.4, -0.2) is 48.2 Å². The number of amides is 1. The maximum atomic E-state index is 11.7. The Morgan fingerprint density at radius 1 is 1.55 bits per heavy atom. The van der Waals surface area contributed by atoms with E-state index in [4.69, 9.17) is 9.47 Å². The Bertz CT molecular complexity index is 516. The van der Waals surface area contributed by atoms with Crippen molar-refractivity contribution in [3.05, 3.63) is 29.8 Å². The molecule has 6 nitrogen and oxygen atoms in total. The summed E-state index contributed by atoms with van der Waals surface area (Å²) < 4.78 is 10.6. The SMILES string of the molecule is CCOc1cccc(C2C(C(=O)O)OCC(=O)N2C)c1. The topological polar surface area (TPSA) is 76.1 Å². The highest BCUT2D eigenvalue weighted by molar-refractivity contribution is 5.82. The molecule has 1 saturated heterocycles. The maximum Gasteiger partial charge on any atom is 0.335 e. The van der Waals surface area contributed by atoms with E-state index in [-0.39, 0.29) is 12.5 Å². The van der Waals surface area contributed by atoms with Crippen LogP contribution in [0.4, 0.5) is 0 Å². The Morgan fingerprint density at radius 2 is 2.30 bits per heavy atom. The van der Waals surface area contributed by atoms with Crippen molar-refractivity contribution in [1.29, 1.82) is 0 Å². The minimum atomic E-state index is -1.09. The number of carboxylic acid groups (broad SMARTS) is 1. The van der Waals surface area contributed by atoms with Crippen LogP contribution in [0.2, 0.25) is 0 Å². The lowest BCUT2D eigenvalue weighted by Crippen LogP contribution is -2.50. The van der Waals surface area contributed by atoms with E-state index >= 15 is 0 Å². The predicted octanol–water partition coefficient (Wildman–Crippen LogP) is 1.07. The molecule has 0 aliphatic carbocycles. The van der Waals surface area contributed by atoms with E-state index in [0.717, 1.165) is 0 Å². The normalized spacial score (nSPS) is 22.7. The molecule has 108 valence electrons. The monoisotopic (exact) mass is 279 g/mol. The van der Waals surface area contributed by atoms with Gasteiger partial charge in [0.2, 0.25) is 5.91 Å². The molecule has 1 heterocycles. The molecule has 0 radical (unpaired) electrons. The second kappa shape index (κ2) is 5.92. The molecule has 2 atom stereocenters. The quantitative estimate of drug-likeness (QED) is 0.892. The highest BCUT2D eigenvalue weighted by Crippen LogP contribution is 2.31. The van der Waals surface area contributed by atoms with Gasteiger partial charge >= 0.3 is 5.97 Å². The van der Waals surface area contributed by atoms with E-state index in [9.17, 15) is 14.7 Å². The van der Waals surface area contributed by atoms with Crippen LogP contribution < -0.4 is 4.74 Å². The van der Waals surface area contributed by atoms with E-state index in [1.165, 1.54) is 4.90 Å². The molecule has 0 bridgehead atoms. The number of ether oxygens (including phenoxy) is 2. The number of rotatable bonds is 4. The standard InChI is InChI=1S/C14H17NO5/c1-3-19-10-6-4-5-9(7-10)12-13(14(17)18)20-8-11(16)15(12)2/h4-7,12-13H,3,8H2,1-2H3,(H,17,18). The number of morpholine rings is 1. The first kappa shape index (κ1) is 14.3. The van der Waals surface area contributed by atoms with Gasteiger partial charge in [-0.15, -0.1) is 0 Å². The molecule has 0 spiro atoms. The fourth-order valence-electron chi connectivity index (χ4n) is 2.27. The first-order valence-corrected chi connectivity index (χ1v) is 6.37. The molecular formula is C14H17NO5. The number of carbonyl (C=O) groups excluding carboxylic acids is 1. The third-order valence-electron chi connectivity index (χ3n) is 3.24. The Hall–Kier alpha value is -2.08. The van der Waals surface area contributed by atoms with Gasteiger partial charge in [-0.05, 0) is 24.6 Å². The highest BCUT2D eigenvalue weighted by atomic mass is 16.5. The van der Waals surface area contributed by atoms with Crippen molar-refractivity contribution in [2.45, 2.75) is 19.1 Å². The fraction of sp³-hybridized carbons (Fsp3) is 0.429. The number of nitrogens with zero attached hydrogens (tertiary/aromatic N) is 1. The summed E-state index contributed by atoms with van der Waals surface area (Å²) in [5.74, 6) is -0.689. The Balaban J connectivity index is 2.36. The molecular weight excluding hydrogens is 262 g/mol. The molecule has 2 unspecified atom stereocenters. The summed E-state index contributed by atoms with van der Waals surface area (Å²) in [5.41, 5.74) is 0.680. The zero-order valence-corrected chi connectivity index (χ0v) is 11.4. The second-order valence-corrected chi connectivity index (χ2v) is 4.52. The van der Waals surface area contributed by atoms with E-state index in [0.29, 0.717) is 17.9 Å². The van der Waals surface area contributed by atoms with Gasteiger partial charge in [0.05, 0.1) is 12.6 Å². The molecule has 1 aliphatic rings. The van der Waals surface area contributed by atoms with Crippen molar-refractivity contribution in [2.24, 2.45) is 0 Å². The van der Waals surface area contributed by atoms with E-state index in [1.54, 1.807) is 31.3 Å². The Labute approximate surface area is 116 Å². The molecule has 1 aromatic rings. The lowest BCUT2D eigenvalue weighted by molar-refractivity contribution is -0.171. The van der Waals surface area contributed by atoms with Crippen LogP contribution in [0.15, 0.2) is 24.3 Å². The summed E-state index contributed by atoms with van der Waals surface area (Å²) in [6.45, 7) is 2.17. The van der Waals surface area contributed by atoms with Gasteiger partial charge in [0, 0.05) is 7.05 Å². The van der Waals surface area contributed by atoms with Gasteiger partial charge in [0.25, 0.3) is 0 Å². The van der Waals surface area contributed by atoms with Crippen molar-refractivity contribution in [3.8, 4) is 5.75 Å². The first-order valence-electron chi connectivity index (χ1n) is 6.37. The molecule has 0 aromatic heterocycles. The van der Waals surface area contributed by atoms with Crippen molar-refractivity contribution in [2.75, 3.05) is 20.3 Å². The van der Waals surface area contributed by atoms with Gasteiger partial charge in [0.1, 0.15) is 12.4 Å². The molecule has 1 aliphatic heterocycles. The molecule has 2 rings (SSSR count). The van der Waals surface area contributed by atoms with Crippen LogP contribution in [0.25, 0.3) is 0 Å². The maximum absolute atomic E-state index is 11.7. The zero-order valence-electron chi connectivity index (χ0n) is 11.4. The number of likely N-dealkylation sites (N-methyl/N-ethyl adjacent to an activating group) is 1. The summed E-state index contributed by atoms with van der Waals surface area (Å²) in [7, 11) is 1.58. The van der Waals surface area contributed by atoms with Crippen LogP contribution in [0.1, 0.15) is 18.5 Å². The van der Waals surface area contributed by atoms with Crippen molar-refractivity contribution >= 4 is 11.9 Å². The van der Waals surface area contributed by atoms with Crippen molar-refractivity contribution < 1.29 is 24.2 Å². The number of aliphatic carboxylic acids is 1. The molecule has 1 N–H and O–H groups in total. The zero-order chi connectivity index (χ0) is 14.7. The third-order valence-corrected chi connectivity index (χ3v) is 3.24. The minimum Gasteiger partial charge on any atom is -0.494 e. The van der Waals surface area contributed by atoms with E-state index in [2.05, 4.69) is 0 Å². The summed E-state index contributed by atoms with van der Waals surface area (Å²) >= 11 is 0. The van der Waals surface area contributed by atoms with E-state index < -0.39 is 18.1 Å². The number of hydrogen-bond acceptors (Lipinski definition) is 4. The lowest BCUT2D eigenvalue weighted by atomic mass is 9.98. The van der Waals surface area contributed by atoms with Crippen molar-refractivity contribution in [3.63, 3.8) is 0 Å². The van der Waals surface area contributed by atoms with Gasteiger partial charge < -0.3 is 19.5 Å². The minimum absolute atomic E-state index is 0.213. The predicted molar refractivity (Wildman–Crippen MR) is 70.5 cm³/mol. The van der Waals surface area contributed by atoms with Gasteiger partial charge in [-0.2, -0.15) is 0 Å². The summed E-state index contributed by atoms with van der Waals surface area (Å²) in [4.78, 5) is 24.5. The summed E-state index contributed by atoms with van der Waals surface area (Å²) in [5, 5.41) is 9.25. The molecule has 6 heteroatoms. The molecule has 0 saturated carbocycles. The largest absolute Gasteiger partial charge is 0.494 e. The first-order chi connectivity index (χ1) is 9.54. The second-order valence-electron chi connectivity index (χ2n) is 4.52. The Kier molecular flexibility index (Phi) is 4.24. The average Bonchev–Trinajstić information content (AvgIpc) is 2.42. The van der Waals surface area contributed by atoms with Gasteiger partial charge in [-0.3, -0.25) is 4.79 Å². The van der Waals surface area contributed by atoms with Crippen LogP contribution in [0, 0.1) is 0 Å².